The average Bonchev–Trinajstić information content (AvgIpc) is 2.90. The van der Waals surface area contributed by atoms with Crippen molar-refractivity contribution in [3.8, 4) is 5.75 Å². The maximum Gasteiger partial charge on any atom is 0.254 e. The van der Waals surface area contributed by atoms with Gasteiger partial charge in [0.05, 0.1) is 23.7 Å². The van der Waals surface area contributed by atoms with Crippen molar-refractivity contribution >= 4 is 38.9 Å². The number of carbonyl (C=O) groups excluding carboxylic acids is 2. The zero-order valence-corrected chi connectivity index (χ0v) is 22.9. The van der Waals surface area contributed by atoms with Gasteiger partial charge < -0.3 is 15.4 Å². The van der Waals surface area contributed by atoms with E-state index in [-0.39, 0.29) is 29.0 Å². The number of anilines is 1. The van der Waals surface area contributed by atoms with Gasteiger partial charge in [0.25, 0.3) is 5.91 Å². The van der Waals surface area contributed by atoms with Crippen molar-refractivity contribution in [3.63, 3.8) is 0 Å². The van der Waals surface area contributed by atoms with Crippen LogP contribution >= 0.6 is 11.6 Å². The van der Waals surface area contributed by atoms with Gasteiger partial charge in [-0.15, -0.1) is 0 Å². The molecule has 1 atom stereocenters. The first-order chi connectivity index (χ1) is 18.2. The number of aryl methyl sites for hydroxylation is 1. The molecule has 2 N–H and O–H groups in total. The molecule has 0 bridgehead atoms. The van der Waals surface area contributed by atoms with E-state index in [2.05, 4.69) is 10.6 Å². The fraction of sp³-hybridized carbons (Fsp3) is 0.500. The van der Waals surface area contributed by atoms with Crippen LogP contribution < -0.4 is 15.4 Å². The molecule has 2 aliphatic heterocycles. The molecule has 2 heterocycles. The van der Waals surface area contributed by atoms with E-state index < -0.39 is 21.6 Å². The van der Waals surface area contributed by atoms with Gasteiger partial charge in [0.2, 0.25) is 5.91 Å². The molecular weight excluding hydrogens is 531 g/mol. The van der Waals surface area contributed by atoms with Crippen LogP contribution in [-0.2, 0) is 21.1 Å². The van der Waals surface area contributed by atoms with Gasteiger partial charge in [-0.05, 0) is 80.3 Å². The number of hydrogen-bond donors (Lipinski definition) is 2. The molecule has 38 heavy (non-hydrogen) atoms. The number of carbonyl (C=O) groups is 2. The Morgan fingerprint density at radius 3 is 2.61 bits per heavy atom. The lowest BCUT2D eigenvalue weighted by molar-refractivity contribution is -0.116. The summed E-state index contributed by atoms with van der Waals surface area (Å²) in [6, 6.07) is 9.45. The fourth-order valence-corrected chi connectivity index (χ4v) is 6.71. The highest BCUT2D eigenvalue weighted by Gasteiger charge is 2.26. The second-order valence-corrected chi connectivity index (χ2v) is 12.9. The lowest BCUT2D eigenvalue weighted by Gasteiger charge is -2.23. The first-order valence-electron chi connectivity index (χ1n) is 13.2. The third kappa shape index (κ3) is 8.17. The second-order valence-electron chi connectivity index (χ2n) is 10.2. The smallest absolute Gasteiger partial charge is 0.254 e. The standard InChI is InChI=1S/C28H34ClFN2O5S/c29-21-7-10-26-20(17-21)6-5-19(3-1-2-4-27(33)32-26)11-14-37-23-8-9-24(25(30)18-23)28(34)31-22-12-15-38(35,36)16-13-22/h7-10,17-19,22H,1-6,11-16H2,(H,31,34)(H,32,33). The number of halogens is 2. The molecule has 10 heteroatoms. The monoisotopic (exact) mass is 564 g/mol. The second kappa shape index (κ2) is 12.9. The van der Waals surface area contributed by atoms with E-state index >= 15 is 0 Å². The number of benzene rings is 2. The minimum absolute atomic E-state index is 0.0150. The summed E-state index contributed by atoms with van der Waals surface area (Å²) < 4.78 is 43.7. The van der Waals surface area contributed by atoms with Gasteiger partial charge in [-0.3, -0.25) is 9.59 Å². The van der Waals surface area contributed by atoms with Crippen molar-refractivity contribution in [1.29, 1.82) is 0 Å². The molecule has 1 unspecified atom stereocenters. The van der Waals surface area contributed by atoms with Crippen LogP contribution in [0.15, 0.2) is 36.4 Å². The van der Waals surface area contributed by atoms with Crippen LogP contribution in [0.4, 0.5) is 10.1 Å². The predicted octanol–water partition coefficient (Wildman–Crippen LogP) is 5.32. The number of nitrogens with one attached hydrogen (secondary N) is 2. The molecule has 2 aromatic carbocycles. The van der Waals surface area contributed by atoms with E-state index in [4.69, 9.17) is 16.3 Å². The number of sulfone groups is 1. The number of amides is 2. The van der Waals surface area contributed by atoms with Gasteiger partial charge in [-0.2, -0.15) is 0 Å². The summed E-state index contributed by atoms with van der Waals surface area (Å²) in [5, 5.41) is 6.38. The van der Waals surface area contributed by atoms with Crippen LogP contribution in [0, 0.1) is 11.7 Å². The Bertz CT molecular complexity index is 1260. The van der Waals surface area contributed by atoms with E-state index in [1.807, 2.05) is 12.1 Å². The zero-order valence-electron chi connectivity index (χ0n) is 21.3. The van der Waals surface area contributed by atoms with Gasteiger partial charge in [0, 0.05) is 29.2 Å². The SMILES string of the molecule is O=C1CCCCC(CCOc2ccc(C(=O)NC3CCS(=O)(=O)CC3)c(F)c2)CCc2cc(Cl)ccc2N1. The number of ether oxygens (including phenoxy) is 1. The Kier molecular flexibility index (Phi) is 9.65. The molecule has 7 nitrogen and oxygen atoms in total. The number of fused-ring (bicyclic) bond motifs is 1. The molecule has 2 aliphatic rings. The molecule has 206 valence electrons. The van der Waals surface area contributed by atoms with Gasteiger partial charge in [0.15, 0.2) is 0 Å². The lowest BCUT2D eigenvalue weighted by atomic mass is 9.91. The van der Waals surface area contributed by atoms with E-state index in [0.29, 0.717) is 42.6 Å². The minimum Gasteiger partial charge on any atom is -0.493 e. The molecule has 4 rings (SSSR count). The van der Waals surface area contributed by atoms with Crippen molar-refractivity contribution in [2.24, 2.45) is 5.92 Å². The van der Waals surface area contributed by atoms with E-state index in [9.17, 15) is 22.4 Å². The summed E-state index contributed by atoms with van der Waals surface area (Å²) in [7, 11) is -3.04. The minimum atomic E-state index is -3.04. The van der Waals surface area contributed by atoms with Gasteiger partial charge in [-0.25, -0.2) is 12.8 Å². The molecule has 0 spiro atoms. The molecule has 2 amide bonds. The average molecular weight is 565 g/mol. The molecule has 0 saturated carbocycles. The highest BCUT2D eigenvalue weighted by molar-refractivity contribution is 7.91. The Morgan fingerprint density at radius 2 is 1.84 bits per heavy atom. The van der Waals surface area contributed by atoms with Crippen LogP contribution in [0.5, 0.6) is 5.75 Å². The highest BCUT2D eigenvalue weighted by atomic mass is 35.5. The van der Waals surface area contributed by atoms with Gasteiger partial charge in [0.1, 0.15) is 21.4 Å². The van der Waals surface area contributed by atoms with Crippen molar-refractivity contribution in [2.45, 2.75) is 63.8 Å². The Labute approximate surface area is 228 Å². The van der Waals surface area contributed by atoms with Crippen LogP contribution in [0.25, 0.3) is 0 Å². The summed E-state index contributed by atoms with van der Waals surface area (Å²) in [6.45, 7) is 0.409. The first kappa shape index (κ1) is 28.4. The molecular formula is C28H34ClFN2O5S. The molecule has 1 fully saturated rings. The van der Waals surface area contributed by atoms with Crippen LogP contribution in [-0.4, -0.2) is 44.4 Å². The largest absolute Gasteiger partial charge is 0.493 e. The first-order valence-corrected chi connectivity index (χ1v) is 15.4. The highest BCUT2D eigenvalue weighted by Crippen LogP contribution is 2.28. The van der Waals surface area contributed by atoms with E-state index in [0.717, 1.165) is 49.8 Å². The molecule has 1 saturated heterocycles. The van der Waals surface area contributed by atoms with Crippen LogP contribution in [0.1, 0.15) is 67.3 Å². The van der Waals surface area contributed by atoms with Gasteiger partial charge >= 0.3 is 0 Å². The topological polar surface area (TPSA) is 102 Å². The van der Waals surface area contributed by atoms with Crippen molar-refractivity contribution in [1.82, 2.24) is 5.32 Å². The predicted molar refractivity (Wildman–Crippen MR) is 146 cm³/mol. The molecule has 0 radical (unpaired) electrons. The number of rotatable bonds is 6. The lowest BCUT2D eigenvalue weighted by Crippen LogP contribution is -2.41. The molecule has 2 aromatic rings. The third-order valence-corrected chi connectivity index (χ3v) is 9.25. The maximum absolute atomic E-state index is 14.7. The fourth-order valence-electron chi connectivity index (χ4n) is 5.03. The third-order valence-electron chi connectivity index (χ3n) is 7.30. The van der Waals surface area contributed by atoms with E-state index in [1.165, 1.54) is 12.1 Å². The molecule has 0 aromatic heterocycles. The van der Waals surface area contributed by atoms with Crippen molar-refractivity contribution < 1.29 is 27.1 Å². The Balaban J connectivity index is 1.30. The summed E-state index contributed by atoms with van der Waals surface area (Å²) in [4.78, 5) is 24.8. The quantitative estimate of drug-likeness (QED) is 0.495. The summed E-state index contributed by atoms with van der Waals surface area (Å²) in [5.74, 6) is -0.419. The summed E-state index contributed by atoms with van der Waals surface area (Å²) in [6.07, 6.45) is 6.37. The van der Waals surface area contributed by atoms with Crippen LogP contribution in [0.3, 0.4) is 0 Å². The van der Waals surface area contributed by atoms with Crippen molar-refractivity contribution in [2.75, 3.05) is 23.4 Å². The van der Waals surface area contributed by atoms with Crippen LogP contribution in [0.2, 0.25) is 5.02 Å². The summed E-state index contributed by atoms with van der Waals surface area (Å²) >= 11 is 6.19. The molecule has 0 aliphatic carbocycles. The Morgan fingerprint density at radius 1 is 1.05 bits per heavy atom. The zero-order chi connectivity index (χ0) is 27.1. The van der Waals surface area contributed by atoms with Gasteiger partial charge in [-0.1, -0.05) is 24.4 Å². The normalized spacial score (nSPS) is 20.5. The van der Waals surface area contributed by atoms with E-state index in [1.54, 1.807) is 12.1 Å². The summed E-state index contributed by atoms with van der Waals surface area (Å²) in [5.41, 5.74) is 1.74. The maximum atomic E-state index is 14.7. The van der Waals surface area contributed by atoms with Crippen molar-refractivity contribution in [3.05, 3.63) is 58.4 Å². The number of hydrogen-bond acceptors (Lipinski definition) is 5. The Hall–Kier alpha value is -2.65.